The van der Waals surface area contributed by atoms with Crippen LogP contribution in [-0.2, 0) is 0 Å². The fourth-order valence-electron chi connectivity index (χ4n) is 0.754. The van der Waals surface area contributed by atoms with E-state index >= 15 is 0 Å². The number of phenols is 1. The number of benzene rings is 1. The van der Waals surface area contributed by atoms with Gasteiger partial charge in [-0.2, -0.15) is 0 Å². The van der Waals surface area contributed by atoms with E-state index in [2.05, 4.69) is 0 Å². The number of hydrogen-bond acceptors (Lipinski definition) is 1. The van der Waals surface area contributed by atoms with Crippen LogP contribution in [0.4, 0.5) is 8.78 Å². The maximum absolute atomic E-state index is 12.3. The minimum atomic E-state index is -2.53. The molecule has 1 nitrogen and oxygen atoms in total. The molecule has 0 bridgehead atoms. The van der Waals surface area contributed by atoms with Crippen LogP contribution in [0.15, 0.2) is 12.1 Å². The van der Waals surface area contributed by atoms with Crippen LogP contribution < -0.4 is 0 Å². The number of alkyl halides is 2. The Balaban J connectivity index is 3.28. The highest BCUT2D eigenvalue weighted by Crippen LogP contribution is 2.32. The molecule has 0 unspecified atom stereocenters. The van der Waals surface area contributed by atoms with E-state index in [1.165, 1.54) is 12.1 Å². The molecule has 1 N–H and O–H groups in total. The SMILES string of the molecule is Oc1cc(I)cc(C(F)F)c1I. The first-order valence-corrected chi connectivity index (χ1v) is 5.14. The zero-order valence-electron chi connectivity index (χ0n) is 5.69. The van der Waals surface area contributed by atoms with Crippen molar-refractivity contribution < 1.29 is 13.9 Å². The van der Waals surface area contributed by atoms with Gasteiger partial charge in [-0.1, -0.05) is 0 Å². The van der Waals surface area contributed by atoms with E-state index < -0.39 is 6.43 Å². The Labute approximate surface area is 95.4 Å². The third kappa shape index (κ3) is 2.18. The third-order valence-electron chi connectivity index (χ3n) is 1.28. The van der Waals surface area contributed by atoms with E-state index in [1.807, 2.05) is 22.6 Å². The summed E-state index contributed by atoms with van der Waals surface area (Å²) in [6.45, 7) is 0. The summed E-state index contributed by atoms with van der Waals surface area (Å²) in [5.74, 6) is -0.0854. The first kappa shape index (κ1) is 10.4. The van der Waals surface area contributed by atoms with Crippen molar-refractivity contribution in [3.63, 3.8) is 0 Å². The Kier molecular flexibility index (Phi) is 3.50. The van der Waals surface area contributed by atoms with Gasteiger partial charge in [-0.25, -0.2) is 8.78 Å². The normalized spacial score (nSPS) is 10.8. The molecule has 0 aliphatic carbocycles. The number of rotatable bonds is 1. The van der Waals surface area contributed by atoms with E-state index in [9.17, 15) is 13.9 Å². The Hall–Kier alpha value is 0.340. The molecule has 12 heavy (non-hydrogen) atoms. The lowest BCUT2D eigenvalue weighted by atomic mass is 10.2. The van der Waals surface area contributed by atoms with Crippen molar-refractivity contribution in [1.82, 2.24) is 0 Å². The standard InChI is InChI=1S/C7H4F2I2O/c8-7(9)4-1-3(10)2-5(12)6(4)11/h1-2,7,12H. The zero-order chi connectivity index (χ0) is 9.30. The molecule has 1 aromatic carbocycles. The lowest BCUT2D eigenvalue weighted by Crippen LogP contribution is -1.90. The molecule has 0 saturated heterocycles. The van der Waals surface area contributed by atoms with Crippen molar-refractivity contribution in [1.29, 1.82) is 0 Å². The first-order valence-electron chi connectivity index (χ1n) is 2.98. The minimum absolute atomic E-state index is 0.0854. The van der Waals surface area contributed by atoms with Gasteiger partial charge in [-0.15, -0.1) is 0 Å². The summed E-state index contributed by atoms with van der Waals surface area (Å²) in [5, 5.41) is 9.18. The van der Waals surface area contributed by atoms with Crippen LogP contribution >= 0.6 is 45.2 Å². The summed E-state index contributed by atoms with van der Waals surface area (Å²) in [6.07, 6.45) is -2.53. The van der Waals surface area contributed by atoms with Gasteiger partial charge in [-0.3, -0.25) is 0 Å². The topological polar surface area (TPSA) is 20.2 Å². The van der Waals surface area contributed by atoms with E-state index in [-0.39, 0.29) is 14.9 Å². The summed E-state index contributed by atoms with van der Waals surface area (Å²) in [4.78, 5) is 0. The average molecular weight is 396 g/mol. The highest BCUT2D eigenvalue weighted by molar-refractivity contribution is 14.1. The highest BCUT2D eigenvalue weighted by atomic mass is 127. The molecule has 0 amide bonds. The van der Waals surface area contributed by atoms with Crippen molar-refractivity contribution in [3.05, 3.63) is 24.8 Å². The first-order chi connectivity index (χ1) is 5.52. The highest BCUT2D eigenvalue weighted by Gasteiger charge is 2.14. The van der Waals surface area contributed by atoms with Crippen LogP contribution in [0, 0.1) is 7.14 Å². The minimum Gasteiger partial charge on any atom is -0.507 e. The number of halogens is 4. The molecule has 1 rings (SSSR count). The molecular weight excluding hydrogens is 392 g/mol. The van der Waals surface area contributed by atoms with Gasteiger partial charge in [0.05, 0.1) is 3.57 Å². The Morgan fingerprint density at radius 2 is 1.83 bits per heavy atom. The van der Waals surface area contributed by atoms with E-state index in [4.69, 9.17) is 0 Å². The molecule has 66 valence electrons. The Morgan fingerprint density at radius 1 is 1.25 bits per heavy atom. The molecule has 0 radical (unpaired) electrons. The van der Waals surface area contributed by atoms with Crippen LogP contribution in [0.1, 0.15) is 12.0 Å². The molecule has 1 aromatic rings. The lowest BCUT2D eigenvalue weighted by molar-refractivity contribution is 0.150. The summed E-state index contributed by atoms with van der Waals surface area (Å²) in [7, 11) is 0. The fraction of sp³-hybridized carbons (Fsp3) is 0.143. The molecule has 0 spiro atoms. The fourth-order valence-corrected chi connectivity index (χ4v) is 1.93. The second-order valence-electron chi connectivity index (χ2n) is 2.13. The predicted molar refractivity (Wildman–Crippen MR) is 58.5 cm³/mol. The average Bonchev–Trinajstić information content (AvgIpc) is 1.96. The van der Waals surface area contributed by atoms with Crippen molar-refractivity contribution >= 4 is 45.2 Å². The van der Waals surface area contributed by atoms with Crippen molar-refractivity contribution in [2.45, 2.75) is 6.43 Å². The monoisotopic (exact) mass is 396 g/mol. The lowest BCUT2D eigenvalue weighted by Gasteiger charge is -2.05. The van der Waals surface area contributed by atoms with Gasteiger partial charge < -0.3 is 5.11 Å². The van der Waals surface area contributed by atoms with Crippen LogP contribution in [-0.4, -0.2) is 5.11 Å². The molecule has 0 heterocycles. The zero-order valence-corrected chi connectivity index (χ0v) is 10.0. The van der Waals surface area contributed by atoms with Crippen LogP contribution in [0.2, 0.25) is 0 Å². The number of hydrogen-bond donors (Lipinski definition) is 1. The third-order valence-corrected chi connectivity index (χ3v) is 3.08. The van der Waals surface area contributed by atoms with Gasteiger partial charge in [0.1, 0.15) is 5.75 Å². The van der Waals surface area contributed by atoms with Crippen LogP contribution in [0.25, 0.3) is 0 Å². The Morgan fingerprint density at radius 3 is 2.33 bits per heavy atom. The second kappa shape index (κ2) is 4.03. The second-order valence-corrected chi connectivity index (χ2v) is 4.45. The summed E-state index contributed by atoms with van der Waals surface area (Å²) < 4.78 is 25.4. The summed E-state index contributed by atoms with van der Waals surface area (Å²) in [6, 6.07) is 2.82. The summed E-state index contributed by atoms with van der Waals surface area (Å²) >= 11 is 3.59. The maximum atomic E-state index is 12.3. The van der Waals surface area contributed by atoms with Crippen molar-refractivity contribution in [3.8, 4) is 5.75 Å². The van der Waals surface area contributed by atoms with Gasteiger partial charge in [0.15, 0.2) is 0 Å². The number of phenolic OH excluding ortho intramolecular Hbond substituents is 1. The molecule has 0 atom stereocenters. The number of aromatic hydroxyl groups is 1. The van der Waals surface area contributed by atoms with Gasteiger partial charge in [-0.05, 0) is 57.3 Å². The van der Waals surface area contributed by atoms with E-state index in [0.29, 0.717) is 3.57 Å². The van der Waals surface area contributed by atoms with Gasteiger partial charge in [0.2, 0.25) is 0 Å². The maximum Gasteiger partial charge on any atom is 0.265 e. The molecule has 0 aliphatic heterocycles. The molecule has 0 aromatic heterocycles. The molecule has 5 heteroatoms. The van der Waals surface area contributed by atoms with E-state index in [0.717, 1.165) is 0 Å². The van der Waals surface area contributed by atoms with E-state index in [1.54, 1.807) is 22.6 Å². The van der Waals surface area contributed by atoms with Crippen molar-refractivity contribution in [2.24, 2.45) is 0 Å². The van der Waals surface area contributed by atoms with Crippen LogP contribution in [0.3, 0.4) is 0 Å². The quantitative estimate of drug-likeness (QED) is 0.721. The summed E-state index contributed by atoms with van der Waals surface area (Å²) in [5.41, 5.74) is -0.111. The Bertz CT molecular complexity index is 302. The predicted octanol–water partition coefficient (Wildman–Crippen LogP) is 3.54. The van der Waals surface area contributed by atoms with Gasteiger partial charge in [0, 0.05) is 9.13 Å². The molecular formula is C7H4F2I2O. The van der Waals surface area contributed by atoms with Crippen molar-refractivity contribution in [2.75, 3.05) is 0 Å². The van der Waals surface area contributed by atoms with Gasteiger partial charge >= 0.3 is 0 Å². The smallest absolute Gasteiger partial charge is 0.265 e. The molecule has 0 fully saturated rings. The largest absolute Gasteiger partial charge is 0.507 e. The van der Waals surface area contributed by atoms with Gasteiger partial charge in [0.25, 0.3) is 6.43 Å². The molecule has 0 aliphatic rings. The van der Waals surface area contributed by atoms with Crippen LogP contribution in [0.5, 0.6) is 5.75 Å². The molecule has 0 saturated carbocycles.